The fraction of sp³-hybridized carbons (Fsp3) is 0.941. The largest absolute Gasteiger partial charge is 0.355 e. The van der Waals surface area contributed by atoms with Gasteiger partial charge >= 0.3 is 0 Å². The maximum absolute atomic E-state index is 12.1. The molecule has 0 aliphatic heterocycles. The quantitative estimate of drug-likeness (QED) is 0.634. The van der Waals surface area contributed by atoms with Crippen LogP contribution in [0.5, 0.6) is 0 Å². The molecule has 118 valence electrons. The molecular formula is C17H34N2O. The summed E-state index contributed by atoms with van der Waals surface area (Å²) >= 11 is 0. The summed E-state index contributed by atoms with van der Waals surface area (Å²) in [5, 5.41) is 6.61. The predicted molar refractivity (Wildman–Crippen MR) is 85.8 cm³/mol. The Bertz CT molecular complexity index is 262. The summed E-state index contributed by atoms with van der Waals surface area (Å²) in [6, 6.07) is 0.440. The molecule has 2 atom stereocenters. The van der Waals surface area contributed by atoms with Gasteiger partial charge in [0.2, 0.25) is 5.91 Å². The van der Waals surface area contributed by atoms with Crippen LogP contribution < -0.4 is 10.6 Å². The highest BCUT2D eigenvalue weighted by Gasteiger charge is 2.25. The summed E-state index contributed by atoms with van der Waals surface area (Å²) in [7, 11) is 0. The van der Waals surface area contributed by atoms with Crippen LogP contribution in [0, 0.1) is 5.92 Å². The molecule has 1 saturated carbocycles. The van der Waals surface area contributed by atoms with E-state index in [0.29, 0.717) is 6.04 Å². The number of rotatable bonds is 9. The van der Waals surface area contributed by atoms with Gasteiger partial charge in [0, 0.05) is 12.6 Å². The summed E-state index contributed by atoms with van der Waals surface area (Å²) in [5.74, 6) is 0.930. The van der Waals surface area contributed by atoms with E-state index in [-0.39, 0.29) is 11.9 Å². The van der Waals surface area contributed by atoms with Crippen LogP contribution in [-0.4, -0.2) is 24.5 Å². The van der Waals surface area contributed by atoms with E-state index in [4.69, 9.17) is 0 Å². The zero-order valence-corrected chi connectivity index (χ0v) is 13.7. The van der Waals surface area contributed by atoms with Crippen LogP contribution in [0.15, 0.2) is 0 Å². The first-order chi connectivity index (χ1) is 9.69. The molecule has 1 amide bonds. The molecule has 3 heteroatoms. The molecule has 0 aromatic rings. The molecule has 1 fully saturated rings. The van der Waals surface area contributed by atoms with Gasteiger partial charge in [0.05, 0.1) is 6.04 Å². The molecule has 1 aliphatic rings. The van der Waals surface area contributed by atoms with Gasteiger partial charge in [0.1, 0.15) is 0 Å². The predicted octanol–water partition coefficient (Wildman–Crippen LogP) is 3.63. The van der Waals surface area contributed by atoms with Crippen LogP contribution in [0.25, 0.3) is 0 Å². The van der Waals surface area contributed by atoms with Gasteiger partial charge in [-0.1, -0.05) is 46.0 Å². The summed E-state index contributed by atoms with van der Waals surface area (Å²) in [5.41, 5.74) is 0. The zero-order valence-electron chi connectivity index (χ0n) is 13.7. The van der Waals surface area contributed by atoms with Gasteiger partial charge in [0.15, 0.2) is 0 Å². The molecule has 20 heavy (non-hydrogen) atoms. The van der Waals surface area contributed by atoms with E-state index in [2.05, 4.69) is 24.5 Å². The third kappa shape index (κ3) is 6.25. The molecule has 0 spiro atoms. The Hall–Kier alpha value is -0.570. The molecule has 0 heterocycles. The summed E-state index contributed by atoms with van der Waals surface area (Å²) < 4.78 is 0. The number of nitrogens with one attached hydrogen (secondary N) is 2. The number of hydrogen-bond acceptors (Lipinski definition) is 2. The van der Waals surface area contributed by atoms with Crippen LogP contribution >= 0.6 is 0 Å². The number of carbonyl (C=O) groups excluding carboxylic acids is 1. The van der Waals surface area contributed by atoms with Crippen molar-refractivity contribution < 1.29 is 4.79 Å². The third-order valence-electron chi connectivity index (χ3n) is 4.60. The fourth-order valence-corrected chi connectivity index (χ4v) is 3.26. The highest BCUT2D eigenvalue weighted by atomic mass is 16.2. The minimum atomic E-state index is -0.0662. The molecule has 0 saturated heterocycles. The standard InChI is InChI=1S/C17H34N2O/c1-4-6-10-13-18-17(20)14(3)19-16(5-2)15-11-8-7-9-12-15/h14-16,19H,4-13H2,1-3H3,(H,18,20). The van der Waals surface area contributed by atoms with Gasteiger partial charge < -0.3 is 10.6 Å². The Balaban J connectivity index is 2.29. The molecule has 0 bridgehead atoms. The fourth-order valence-electron chi connectivity index (χ4n) is 3.26. The summed E-state index contributed by atoms with van der Waals surface area (Å²) in [6.45, 7) is 7.24. The van der Waals surface area contributed by atoms with Crippen molar-refractivity contribution in [3.63, 3.8) is 0 Å². The lowest BCUT2D eigenvalue weighted by atomic mass is 9.82. The van der Waals surface area contributed by atoms with Crippen molar-refractivity contribution in [2.45, 2.75) is 90.6 Å². The van der Waals surface area contributed by atoms with Gasteiger partial charge in [-0.3, -0.25) is 4.79 Å². The van der Waals surface area contributed by atoms with E-state index in [0.717, 1.165) is 25.3 Å². The number of amides is 1. The Labute approximate surface area is 125 Å². The van der Waals surface area contributed by atoms with Crippen molar-refractivity contribution in [1.82, 2.24) is 10.6 Å². The highest BCUT2D eigenvalue weighted by Crippen LogP contribution is 2.27. The van der Waals surface area contributed by atoms with Crippen LogP contribution in [0.2, 0.25) is 0 Å². The maximum atomic E-state index is 12.1. The van der Waals surface area contributed by atoms with Crippen molar-refractivity contribution in [3.05, 3.63) is 0 Å². The number of carbonyl (C=O) groups is 1. The molecule has 3 nitrogen and oxygen atoms in total. The van der Waals surface area contributed by atoms with E-state index in [1.807, 2.05) is 6.92 Å². The van der Waals surface area contributed by atoms with Crippen molar-refractivity contribution in [2.75, 3.05) is 6.54 Å². The SMILES string of the molecule is CCCCCNC(=O)C(C)NC(CC)C1CCCCC1. The van der Waals surface area contributed by atoms with E-state index < -0.39 is 0 Å². The van der Waals surface area contributed by atoms with E-state index in [1.54, 1.807) is 0 Å². The second kappa shape index (κ2) is 10.2. The molecule has 2 unspecified atom stereocenters. The summed E-state index contributed by atoms with van der Waals surface area (Å²) in [6.07, 6.45) is 11.4. The van der Waals surface area contributed by atoms with E-state index in [9.17, 15) is 4.79 Å². The topological polar surface area (TPSA) is 41.1 Å². The van der Waals surface area contributed by atoms with Crippen LogP contribution in [0.1, 0.15) is 78.6 Å². The minimum absolute atomic E-state index is 0.0662. The average molecular weight is 282 g/mol. The molecule has 0 radical (unpaired) electrons. The van der Waals surface area contributed by atoms with Gasteiger partial charge in [0.25, 0.3) is 0 Å². The van der Waals surface area contributed by atoms with Crippen LogP contribution in [0.3, 0.4) is 0 Å². The van der Waals surface area contributed by atoms with Gasteiger partial charge in [-0.05, 0) is 38.5 Å². The Morgan fingerprint density at radius 1 is 1.15 bits per heavy atom. The monoisotopic (exact) mass is 282 g/mol. The van der Waals surface area contributed by atoms with Gasteiger partial charge in [-0.15, -0.1) is 0 Å². The average Bonchev–Trinajstić information content (AvgIpc) is 2.49. The number of unbranched alkanes of at least 4 members (excludes halogenated alkanes) is 2. The van der Waals surface area contributed by atoms with E-state index in [1.165, 1.54) is 44.9 Å². The first-order valence-electron chi connectivity index (χ1n) is 8.72. The third-order valence-corrected chi connectivity index (χ3v) is 4.60. The van der Waals surface area contributed by atoms with Crippen molar-refractivity contribution in [3.8, 4) is 0 Å². The van der Waals surface area contributed by atoms with Crippen molar-refractivity contribution in [1.29, 1.82) is 0 Å². The van der Waals surface area contributed by atoms with Crippen LogP contribution in [-0.2, 0) is 4.79 Å². The molecule has 1 rings (SSSR count). The highest BCUT2D eigenvalue weighted by molar-refractivity contribution is 5.81. The molecular weight excluding hydrogens is 248 g/mol. The van der Waals surface area contributed by atoms with Gasteiger partial charge in [-0.25, -0.2) is 0 Å². The lowest BCUT2D eigenvalue weighted by Crippen LogP contribution is -2.49. The number of hydrogen-bond donors (Lipinski definition) is 2. The Morgan fingerprint density at radius 3 is 2.45 bits per heavy atom. The lowest BCUT2D eigenvalue weighted by Gasteiger charge is -2.32. The first kappa shape index (κ1) is 17.5. The molecule has 1 aliphatic carbocycles. The van der Waals surface area contributed by atoms with E-state index >= 15 is 0 Å². The molecule has 0 aromatic carbocycles. The normalized spacial score (nSPS) is 19.6. The van der Waals surface area contributed by atoms with Gasteiger partial charge in [-0.2, -0.15) is 0 Å². The van der Waals surface area contributed by atoms with Crippen LogP contribution in [0.4, 0.5) is 0 Å². The van der Waals surface area contributed by atoms with Crippen molar-refractivity contribution in [2.24, 2.45) is 5.92 Å². The zero-order chi connectivity index (χ0) is 14.8. The Morgan fingerprint density at radius 2 is 1.85 bits per heavy atom. The molecule has 2 N–H and O–H groups in total. The molecule has 0 aromatic heterocycles. The summed E-state index contributed by atoms with van der Waals surface area (Å²) in [4.78, 5) is 12.1. The maximum Gasteiger partial charge on any atom is 0.236 e. The lowest BCUT2D eigenvalue weighted by molar-refractivity contribution is -0.123. The first-order valence-corrected chi connectivity index (χ1v) is 8.72. The second-order valence-electron chi connectivity index (χ2n) is 6.30. The Kier molecular flexibility index (Phi) is 8.92. The smallest absolute Gasteiger partial charge is 0.236 e. The second-order valence-corrected chi connectivity index (χ2v) is 6.30. The van der Waals surface area contributed by atoms with Crippen molar-refractivity contribution >= 4 is 5.91 Å². The minimum Gasteiger partial charge on any atom is -0.355 e.